The van der Waals surface area contributed by atoms with Gasteiger partial charge in [0.1, 0.15) is 5.69 Å². The number of hydrogen-bond acceptors (Lipinski definition) is 2. The summed E-state index contributed by atoms with van der Waals surface area (Å²) in [7, 11) is 0. The third-order valence-electron chi connectivity index (χ3n) is 3.10. The summed E-state index contributed by atoms with van der Waals surface area (Å²) in [4.78, 5) is 12.4. The molecule has 108 valence electrons. The standard InChI is InChI=1S/C15H19BrN2OS/c1-10(2)18-8-13(16)7-14(18)15(19)17-11(3)6-12-4-5-20-9-12/h4-5,7-11H,6H2,1-3H3,(H,17,19). The van der Waals surface area contributed by atoms with Gasteiger partial charge in [-0.3, -0.25) is 4.79 Å². The van der Waals surface area contributed by atoms with Crippen LogP contribution in [0.4, 0.5) is 0 Å². The lowest BCUT2D eigenvalue weighted by atomic mass is 10.1. The van der Waals surface area contributed by atoms with Crippen LogP contribution in [-0.4, -0.2) is 16.5 Å². The molecule has 1 unspecified atom stereocenters. The van der Waals surface area contributed by atoms with E-state index in [4.69, 9.17) is 0 Å². The van der Waals surface area contributed by atoms with Gasteiger partial charge in [-0.05, 0) is 71.6 Å². The summed E-state index contributed by atoms with van der Waals surface area (Å²) in [6.07, 6.45) is 2.81. The first-order chi connectivity index (χ1) is 9.47. The van der Waals surface area contributed by atoms with Crippen LogP contribution < -0.4 is 5.32 Å². The highest BCUT2D eigenvalue weighted by Crippen LogP contribution is 2.19. The van der Waals surface area contributed by atoms with E-state index in [-0.39, 0.29) is 18.0 Å². The number of thiophene rings is 1. The Morgan fingerprint density at radius 2 is 2.20 bits per heavy atom. The topological polar surface area (TPSA) is 34.0 Å². The summed E-state index contributed by atoms with van der Waals surface area (Å²) >= 11 is 5.12. The Bertz CT molecular complexity index is 575. The van der Waals surface area contributed by atoms with Crippen molar-refractivity contribution >= 4 is 33.2 Å². The van der Waals surface area contributed by atoms with Gasteiger partial charge in [0.25, 0.3) is 5.91 Å². The molecule has 2 aromatic heterocycles. The molecule has 1 atom stereocenters. The number of nitrogens with one attached hydrogen (secondary N) is 1. The second-order valence-corrected chi connectivity index (χ2v) is 6.95. The predicted octanol–water partition coefficient (Wildman–Crippen LogP) is 4.25. The van der Waals surface area contributed by atoms with Crippen LogP contribution in [-0.2, 0) is 6.42 Å². The van der Waals surface area contributed by atoms with Gasteiger partial charge in [0.2, 0.25) is 0 Å². The fourth-order valence-corrected chi connectivity index (χ4v) is 3.28. The summed E-state index contributed by atoms with van der Waals surface area (Å²) < 4.78 is 2.92. The maximum Gasteiger partial charge on any atom is 0.268 e. The molecule has 1 N–H and O–H groups in total. The predicted molar refractivity (Wildman–Crippen MR) is 87.5 cm³/mol. The van der Waals surface area contributed by atoms with Crippen molar-refractivity contribution in [1.82, 2.24) is 9.88 Å². The van der Waals surface area contributed by atoms with Gasteiger partial charge in [-0.1, -0.05) is 0 Å². The number of hydrogen-bond donors (Lipinski definition) is 1. The highest BCUT2D eigenvalue weighted by molar-refractivity contribution is 9.10. The van der Waals surface area contributed by atoms with E-state index in [0.29, 0.717) is 5.69 Å². The van der Waals surface area contributed by atoms with Gasteiger partial charge in [0.15, 0.2) is 0 Å². The molecule has 1 amide bonds. The maximum absolute atomic E-state index is 12.4. The van der Waals surface area contributed by atoms with E-state index in [1.54, 1.807) is 11.3 Å². The number of aromatic nitrogens is 1. The van der Waals surface area contributed by atoms with E-state index >= 15 is 0 Å². The van der Waals surface area contributed by atoms with Crippen molar-refractivity contribution in [2.45, 2.75) is 39.3 Å². The third-order valence-corrected chi connectivity index (χ3v) is 4.27. The summed E-state index contributed by atoms with van der Waals surface area (Å²) in [5.41, 5.74) is 1.97. The van der Waals surface area contributed by atoms with Gasteiger partial charge >= 0.3 is 0 Å². The van der Waals surface area contributed by atoms with Crippen LogP contribution in [0.2, 0.25) is 0 Å². The molecule has 3 nitrogen and oxygen atoms in total. The van der Waals surface area contributed by atoms with Crippen molar-refractivity contribution in [1.29, 1.82) is 0 Å². The van der Waals surface area contributed by atoms with E-state index in [1.807, 2.05) is 23.8 Å². The number of carbonyl (C=O) groups excluding carboxylic acids is 1. The van der Waals surface area contributed by atoms with Crippen LogP contribution in [0, 0.1) is 0 Å². The minimum Gasteiger partial charge on any atom is -0.348 e. The average molecular weight is 355 g/mol. The highest BCUT2D eigenvalue weighted by atomic mass is 79.9. The Morgan fingerprint density at radius 3 is 2.80 bits per heavy atom. The van der Waals surface area contributed by atoms with Gasteiger partial charge < -0.3 is 9.88 Å². The van der Waals surface area contributed by atoms with E-state index in [2.05, 4.69) is 51.9 Å². The van der Waals surface area contributed by atoms with Gasteiger partial charge in [0.05, 0.1) is 0 Å². The molecule has 0 aliphatic carbocycles. The van der Waals surface area contributed by atoms with E-state index in [9.17, 15) is 4.79 Å². The molecule has 0 saturated carbocycles. The largest absolute Gasteiger partial charge is 0.348 e. The second-order valence-electron chi connectivity index (χ2n) is 5.25. The summed E-state index contributed by atoms with van der Waals surface area (Å²) in [5, 5.41) is 7.25. The quantitative estimate of drug-likeness (QED) is 0.855. The molecule has 0 bridgehead atoms. The van der Waals surface area contributed by atoms with Crippen molar-refractivity contribution in [2.24, 2.45) is 0 Å². The minimum atomic E-state index is -0.0212. The molecule has 2 heterocycles. The number of rotatable bonds is 5. The molecule has 5 heteroatoms. The van der Waals surface area contributed by atoms with Crippen LogP contribution >= 0.6 is 27.3 Å². The fourth-order valence-electron chi connectivity index (χ4n) is 2.17. The first-order valence-corrected chi connectivity index (χ1v) is 8.40. The molecule has 0 aromatic carbocycles. The number of halogens is 1. The fraction of sp³-hybridized carbons (Fsp3) is 0.400. The van der Waals surface area contributed by atoms with Crippen LogP contribution in [0.3, 0.4) is 0 Å². The minimum absolute atomic E-state index is 0.0212. The lowest BCUT2D eigenvalue weighted by Crippen LogP contribution is -2.35. The molecule has 0 radical (unpaired) electrons. The zero-order valence-corrected chi connectivity index (χ0v) is 14.3. The average Bonchev–Trinajstić information content (AvgIpc) is 2.97. The Hall–Kier alpha value is -1.07. The second kappa shape index (κ2) is 6.59. The van der Waals surface area contributed by atoms with Crippen LogP contribution in [0.5, 0.6) is 0 Å². The van der Waals surface area contributed by atoms with E-state index in [1.165, 1.54) is 5.56 Å². The molecule has 2 rings (SSSR count). The van der Waals surface area contributed by atoms with E-state index < -0.39 is 0 Å². The van der Waals surface area contributed by atoms with Crippen LogP contribution in [0.15, 0.2) is 33.6 Å². The first kappa shape index (κ1) is 15.3. The Balaban J connectivity index is 2.04. The molecule has 0 fully saturated rings. The molecular formula is C15H19BrN2OS. The number of amides is 1. The summed E-state index contributed by atoms with van der Waals surface area (Å²) in [5.74, 6) is -0.0212. The van der Waals surface area contributed by atoms with E-state index in [0.717, 1.165) is 10.9 Å². The normalized spacial score (nSPS) is 12.7. The van der Waals surface area contributed by atoms with Crippen molar-refractivity contribution < 1.29 is 4.79 Å². The van der Waals surface area contributed by atoms with Gasteiger partial charge in [-0.2, -0.15) is 11.3 Å². The first-order valence-electron chi connectivity index (χ1n) is 6.66. The number of carbonyl (C=O) groups is 1. The number of nitrogens with zero attached hydrogens (tertiary/aromatic N) is 1. The highest BCUT2D eigenvalue weighted by Gasteiger charge is 2.17. The van der Waals surface area contributed by atoms with Gasteiger partial charge in [-0.25, -0.2) is 0 Å². The molecule has 0 aliphatic rings. The molecule has 2 aromatic rings. The lowest BCUT2D eigenvalue weighted by molar-refractivity contribution is 0.0929. The molecule has 0 saturated heterocycles. The SMILES string of the molecule is CC(Cc1ccsc1)NC(=O)c1cc(Br)cn1C(C)C. The Morgan fingerprint density at radius 1 is 1.45 bits per heavy atom. The van der Waals surface area contributed by atoms with Gasteiger partial charge in [0, 0.05) is 22.8 Å². The van der Waals surface area contributed by atoms with Crippen molar-refractivity contribution in [3.8, 4) is 0 Å². The van der Waals surface area contributed by atoms with Crippen LogP contribution in [0.25, 0.3) is 0 Å². The summed E-state index contributed by atoms with van der Waals surface area (Å²) in [6.45, 7) is 6.17. The summed E-state index contributed by atoms with van der Waals surface area (Å²) in [6, 6.07) is 4.34. The molecular weight excluding hydrogens is 336 g/mol. The lowest BCUT2D eigenvalue weighted by Gasteiger charge is -2.16. The smallest absolute Gasteiger partial charge is 0.268 e. The van der Waals surface area contributed by atoms with Crippen LogP contribution in [0.1, 0.15) is 42.9 Å². The molecule has 0 aliphatic heterocycles. The zero-order valence-electron chi connectivity index (χ0n) is 11.9. The molecule has 0 spiro atoms. The Labute approximate surface area is 132 Å². The maximum atomic E-state index is 12.4. The Kier molecular flexibility index (Phi) is 5.05. The van der Waals surface area contributed by atoms with Crippen molar-refractivity contribution in [3.05, 3.63) is 44.8 Å². The molecule has 20 heavy (non-hydrogen) atoms. The third kappa shape index (κ3) is 3.73. The monoisotopic (exact) mass is 354 g/mol. The van der Waals surface area contributed by atoms with Crippen molar-refractivity contribution in [2.75, 3.05) is 0 Å². The van der Waals surface area contributed by atoms with Gasteiger partial charge in [-0.15, -0.1) is 0 Å². The zero-order chi connectivity index (χ0) is 14.7. The van der Waals surface area contributed by atoms with Crippen molar-refractivity contribution in [3.63, 3.8) is 0 Å².